The van der Waals surface area contributed by atoms with E-state index in [1.807, 2.05) is 47.7 Å². The smallest absolute Gasteiger partial charge is 0.321 e. The Balaban J connectivity index is 1.44. The number of urea groups is 1. The highest BCUT2D eigenvalue weighted by molar-refractivity contribution is 7.08. The predicted octanol–water partition coefficient (Wildman–Crippen LogP) is 4.83. The number of aromatic nitrogens is 2. The number of hydrogen-bond donors (Lipinski definition) is 1. The number of piperidine rings is 1. The first-order chi connectivity index (χ1) is 13.1. The minimum absolute atomic E-state index is 0.0728. The maximum absolute atomic E-state index is 12.7. The van der Waals surface area contributed by atoms with Gasteiger partial charge in [0.15, 0.2) is 0 Å². The van der Waals surface area contributed by atoms with Gasteiger partial charge >= 0.3 is 6.03 Å². The summed E-state index contributed by atoms with van der Waals surface area (Å²) in [4.78, 5) is 14.5. The second kappa shape index (κ2) is 7.52. The van der Waals surface area contributed by atoms with Gasteiger partial charge in [0.2, 0.25) is 11.8 Å². The number of thiophene rings is 1. The van der Waals surface area contributed by atoms with Gasteiger partial charge in [0, 0.05) is 29.7 Å². The third-order valence-corrected chi connectivity index (χ3v) is 5.42. The number of amides is 2. The van der Waals surface area contributed by atoms with Crippen molar-refractivity contribution in [3.63, 3.8) is 0 Å². The van der Waals surface area contributed by atoms with Crippen LogP contribution >= 0.6 is 11.3 Å². The van der Waals surface area contributed by atoms with Crippen LogP contribution in [0.15, 0.2) is 39.4 Å². The van der Waals surface area contributed by atoms with E-state index in [1.54, 1.807) is 11.3 Å². The summed E-state index contributed by atoms with van der Waals surface area (Å²) < 4.78 is 5.87. The fraction of sp³-hybridized carbons (Fsp3) is 0.350. The number of nitrogens with zero attached hydrogens (tertiary/aromatic N) is 3. The van der Waals surface area contributed by atoms with Crippen LogP contribution in [-0.4, -0.2) is 34.2 Å². The van der Waals surface area contributed by atoms with Crippen molar-refractivity contribution in [3.05, 3.63) is 52.0 Å². The molecular weight excluding hydrogens is 360 g/mol. The highest BCUT2D eigenvalue weighted by Crippen LogP contribution is 2.29. The number of nitrogens with one attached hydrogen (secondary N) is 1. The van der Waals surface area contributed by atoms with Crippen LogP contribution in [0.2, 0.25) is 0 Å². The summed E-state index contributed by atoms with van der Waals surface area (Å²) in [6.45, 7) is 5.38. The van der Waals surface area contributed by atoms with E-state index in [0.717, 1.165) is 41.8 Å². The average molecular weight is 382 g/mol. The monoisotopic (exact) mass is 382 g/mol. The molecule has 2 aromatic heterocycles. The van der Waals surface area contributed by atoms with Gasteiger partial charge in [-0.05, 0) is 61.4 Å². The number of carbonyl (C=O) groups is 1. The van der Waals surface area contributed by atoms with E-state index in [9.17, 15) is 4.79 Å². The van der Waals surface area contributed by atoms with E-state index in [-0.39, 0.29) is 11.9 Å². The average Bonchev–Trinajstić information content (AvgIpc) is 3.32. The number of likely N-dealkylation sites (tertiary alicyclic amines) is 1. The van der Waals surface area contributed by atoms with Gasteiger partial charge in [-0.3, -0.25) is 0 Å². The van der Waals surface area contributed by atoms with Gasteiger partial charge in [-0.25, -0.2) is 4.79 Å². The Bertz CT molecular complexity index is 915. The van der Waals surface area contributed by atoms with Crippen molar-refractivity contribution >= 4 is 23.1 Å². The fourth-order valence-corrected chi connectivity index (χ4v) is 4.14. The molecule has 0 aliphatic carbocycles. The first-order valence-corrected chi connectivity index (χ1v) is 10.0. The Morgan fingerprint density at radius 3 is 2.81 bits per heavy atom. The maximum Gasteiger partial charge on any atom is 0.321 e. The standard InChI is InChI=1S/C20H22N4O2S/c1-13-8-14(2)10-17(9-13)21-20(25)24-6-3-4-15(11-24)18-22-23-19(26-18)16-5-7-27-12-16/h5,7-10,12,15H,3-4,6,11H2,1-2H3,(H,21,25). The third-order valence-electron chi connectivity index (χ3n) is 4.74. The third kappa shape index (κ3) is 4.03. The SMILES string of the molecule is Cc1cc(C)cc(NC(=O)N2CCCC(c3nnc(-c4ccsc4)o3)C2)c1. The molecule has 1 saturated heterocycles. The highest BCUT2D eigenvalue weighted by atomic mass is 32.1. The molecule has 6 nitrogen and oxygen atoms in total. The van der Waals surface area contributed by atoms with Gasteiger partial charge in [0.1, 0.15) is 0 Å². The summed E-state index contributed by atoms with van der Waals surface area (Å²) in [5, 5.41) is 15.4. The molecule has 1 aromatic carbocycles. The van der Waals surface area contributed by atoms with Gasteiger partial charge in [0.25, 0.3) is 0 Å². The molecule has 4 rings (SSSR count). The molecule has 3 heterocycles. The van der Waals surface area contributed by atoms with Gasteiger partial charge in [0.05, 0.1) is 5.92 Å². The van der Waals surface area contributed by atoms with Crippen LogP contribution in [0.4, 0.5) is 10.5 Å². The van der Waals surface area contributed by atoms with E-state index in [0.29, 0.717) is 18.3 Å². The van der Waals surface area contributed by atoms with Crippen molar-refractivity contribution in [1.82, 2.24) is 15.1 Å². The lowest BCUT2D eigenvalue weighted by Gasteiger charge is -2.31. The van der Waals surface area contributed by atoms with Crippen LogP contribution in [0.25, 0.3) is 11.5 Å². The maximum atomic E-state index is 12.7. The molecule has 7 heteroatoms. The zero-order chi connectivity index (χ0) is 18.8. The minimum atomic E-state index is -0.0812. The predicted molar refractivity (Wildman–Crippen MR) is 106 cm³/mol. The molecule has 1 fully saturated rings. The van der Waals surface area contributed by atoms with Gasteiger partial charge < -0.3 is 14.6 Å². The zero-order valence-corrected chi connectivity index (χ0v) is 16.3. The molecule has 0 radical (unpaired) electrons. The molecule has 0 spiro atoms. The normalized spacial score (nSPS) is 17.1. The molecule has 1 atom stereocenters. The fourth-order valence-electron chi connectivity index (χ4n) is 3.51. The van der Waals surface area contributed by atoms with Crippen LogP contribution in [-0.2, 0) is 0 Å². The summed E-state index contributed by atoms with van der Waals surface area (Å²) in [5.41, 5.74) is 4.04. The Labute approximate surface area is 162 Å². The number of benzene rings is 1. The molecule has 0 bridgehead atoms. The molecule has 140 valence electrons. The van der Waals surface area contributed by atoms with E-state index < -0.39 is 0 Å². The quantitative estimate of drug-likeness (QED) is 0.704. The topological polar surface area (TPSA) is 71.3 Å². The van der Waals surface area contributed by atoms with Gasteiger partial charge in [-0.15, -0.1) is 10.2 Å². The van der Waals surface area contributed by atoms with Crippen molar-refractivity contribution in [3.8, 4) is 11.5 Å². The molecule has 3 aromatic rings. The van der Waals surface area contributed by atoms with Crippen LogP contribution < -0.4 is 5.32 Å². The number of carbonyl (C=O) groups excluding carboxylic acids is 1. The molecule has 1 N–H and O–H groups in total. The number of hydrogen-bond acceptors (Lipinski definition) is 5. The number of rotatable bonds is 3. The molecule has 27 heavy (non-hydrogen) atoms. The van der Waals surface area contributed by atoms with Crippen LogP contribution in [0.3, 0.4) is 0 Å². The molecular formula is C20H22N4O2S. The second-order valence-electron chi connectivity index (χ2n) is 7.05. The lowest BCUT2D eigenvalue weighted by Crippen LogP contribution is -2.41. The Hall–Kier alpha value is -2.67. The largest absolute Gasteiger partial charge is 0.420 e. The Morgan fingerprint density at radius 1 is 1.26 bits per heavy atom. The summed E-state index contributed by atoms with van der Waals surface area (Å²) in [5.74, 6) is 1.23. The number of anilines is 1. The van der Waals surface area contributed by atoms with Crippen molar-refractivity contribution in [2.45, 2.75) is 32.6 Å². The molecule has 1 unspecified atom stereocenters. The molecule has 1 aliphatic heterocycles. The summed E-state index contributed by atoms with van der Waals surface area (Å²) in [7, 11) is 0. The highest BCUT2D eigenvalue weighted by Gasteiger charge is 2.28. The van der Waals surface area contributed by atoms with Crippen molar-refractivity contribution in [1.29, 1.82) is 0 Å². The first-order valence-electron chi connectivity index (χ1n) is 9.08. The Kier molecular flexibility index (Phi) is 4.94. The van der Waals surface area contributed by atoms with Crippen LogP contribution in [0.5, 0.6) is 0 Å². The van der Waals surface area contributed by atoms with E-state index in [4.69, 9.17) is 4.42 Å². The van der Waals surface area contributed by atoms with Crippen molar-refractivity contribution in [2.75, 3.05) is 18.4 Å². The minimum Gasteiger partial charge on any atom is -0.420 e. The molecule has 2 amide bonds. The van der Waals surface area contributed by atoms with Crippen molar-refractivity contribution in [2.24, 2.45) is 0 Å². The zero-order valence-electron chi connectivity index (χ0n) is 15.4. The van der Waals surface area contributed by atoms with E-state index in [1.165, 1.54) is 0 Å². The van der Waals surface area contributed by atoms with Gasteiger partial charge in [-0.2, -0.15) is 11.3 Å². The van der Waals surface area contributed by atoms with E-state index >= 15 is 0 Å². The second-order valence-corrected chi connectivity index (χ2v) is 7.83. The van der Waals surface area contributed by atoms with Crippen LogP contribution in [0.1, 0.15) is 35.8 Å². The van der Waals surface area contributed by atoms with Crippen molar-refractivity contribution < 1.29 is 9.21 Å². The summed E-state index contributed by atoms with van der Waals surface area (Å²) in [6, 6.07) is 7.94. The molecule has 1 aliphatic rings. The summed E-state index contributed by atoms with van der Waals surface area (Å²) in [6.07, 6.45) is 1.86. The van der Waals surface area contributed by atoms with Crippen LogP contribution in [0, 0.1) is 13.8 Å². The number of aryl methyl sites for hydroxylation is 2. The molecule has 0 saturated carbocycles. The van der Waals surface area contributed by atoms with E-state index in [2.05, 4.69) is 21.6 Å². The first kappa shape index (κ1) is 17.7. The van der Waals surface area contributed by atoms with Gasteiger partial charge in [-0.1, -0.05) is 6.07 Å². The lowest BCUT2D eigenvalue weighted by atomic mass is 9.98. The summed E-state index contributed by atoms with van der Waals surface area (Å²) >= 11 is 1.60. The lowest BCUT2D eigenvalue weighted by molar-refractivity contribution is 0.187. The Morgan fingerprint density at radius 2 is 2.07 bits per heavy atom.